The van der Waals surface area contributed by atoms with Crippen LogP contribution in [-0.4, -0.2) is 34.6 Å². The van der Waals surface area contributed by atoms with Gasteiger partial charge < -0.3 is 9.64 Å². The molecule has 3 rings (SSSR count). The number of anilines is 1. The van der Waals surface area contributed by atoms with Crippen molar-refractivity contribution in [1.29, 1.82) is 0 Å². The van der Waals surface area contributed by atoms with Crippen LogP contribution in [0.4, 0.5) is 5.82 Å². The van der Waals surface area contributed by atoms with Crippen molar-refractivity contribution in [3.05, 3.63) is 40.3 Å². The number of benzene rings is 1. The van der Waals surface area contributed by atoms with E-state index in [-0.39, 0.29) is 0 Å². The van der Waals surface area contributed by atoms with Crippen molar-refractivity contribution in [1.82, 2.24) is 14.4 Å². The maximum atomic E-state index is 6.53. The Morgan fingerprint density at radius 3 is 2.36 bits per heavy atom. The van der Waals surface area contributed by atoms with Crippen molar-refractivity contribution in [2.45, 2.75) is 40.0 Å². The molecule has 0 aliphatic rings. The Hall–Kier alpha value is -1.98. The summed E-state index contributed by atoms with van der Waals surface area (Å²) in [6.45, 7) is 8.43. The molecule has 1 aromatic carbocycles. The van der Waals surface area contributed by atoms with E-state index in [1.807, 2.05) is 18.3 Å². The first kappa shape index (κ1) is 20.7. The number of halogens is 2. The maximum absolute atomic E-state index is 6.53. The van der Waals surface area contributed by atoms with Crippen LogP contribution in [0.5, 0.6) is 5.75 Å². The van der Waals surface area contributed by atoms with E-state index in [9.17, 15) is 0 Å². The summed E-state index contributed by atoms with van der Waals surface area (Å²) in [5, 5.41) is 0.959. The number of nitrogens with zero attached hydrogens (tertiary/aromatic N) is 4. The highest BCUT2D eigenvalue weighted by molar-refractivity contribution is 6.33. The first-order chi connectivity index (χ1) is 13.5. The molecule has 2 aromatic heterocycles. The molecule has 150 valence electrons. The van der Waals surface area contributed by atoms with E-state index in [4.69, 9.17) is 32.9 Å². The van der Waals surface area contributed by atoms with Crippen molar-refractivity contribution in [2.75, 3.05) is 25.1 Å². The molecule has 28 heavy (non-hydrogen) atoms. The van der Waals surface area contributed by atoms with Gasteiger partial charge in [-0.3, -0.25) is 4.40 Å². The lowest BCUT2D eigenvalue weighted by Crippen LogP contribution is -2.27. The molecule has 0 spiro atoms. The fourth-order valence-electron chi connectivity index (χ4n) is 3.48. The van der Waals surface area contributed by atoms with Crippen molar-refractivity contribution >= 4 is 34.7 Å². The van der Waals surface area contributed by atoms with E-state index < -0.39 is 0 Å². The fraction of sp³-hybridized carbons (Fsp3) is 0.429. The fourth-order valence-corrected chi connectivity index (χ4v) is 3.93. The van der Waals surface area contributed by atoms with Crippen LogP contribution in [0, 0.1) is 0 Å². The maximum Gasteiger partial charge on any atom is 0.165 e. The lowest BCUT2D eigenvalue weighted by atomic mass is 10.1. The number of imidazole rings is 1. The summed E-state index contributed by atoms with van der Waals surface area (Å²) in [6.07, 6.45) is 4.80. The molecule has 0 aliphatic carbocycles. The molecule has 0 bridgehead atoms. The Kier molecular flexibility index (Phi) is 6.68. The molecule has 0 radical (unpaired) electrons. The molecular weight excluding hydrogens is 395 g/mol. The van der Waals surface area contributed by atoms with Crippen LogP contribution in [0.2, 0.25) is 10.2 Å². The lowest BCUT2D eigenvalue weighted by Gasteiger charge is -2.24. The minimum atomic E-state index is 0.406. The summed E-state index contributed by atoms with van der Waals surface area (Å²) in [5.41, 5.74) is 3.26. The van der Waals surface area contributed by atoms with Crippen molar-refractivity contribution in [3.63, 3.8) is 0 Å². The van der Waals surface area contributed by atoms with Crippen LogP contribution in [0.1, 0.15) is 39.3 Å². The third kappa shape index (κ3) is 3.91. The number of ether oxygens (including phenoxy) is 1. The third-order valence-electron chi connectivity index (χ3n) is 4.67. The second-order valence-electron chi connectivity index (χ2n) is 6.67. The van der Waals surface area contributed by atoms with Crippen LogP contribution in [-0.2, 0) is 6.42 Å². The number of hydrogen-bond donors (Lipinski definition) is 0. The summed E-state index contributed by atoms with van der Waals surface area (Å²) in [5.74, 6) is 1.79. The molecule has 0 aliphatic heterocycles. The van der Waals surface area contributed by atoms with Gasteiger partial charge in [0, 0.05) is 24.8 Å². The quantitative estimate of drug-likeness (QED) is 0.454. The highest BCUT2D eigenvalue weighted by Crippen LogP contribution is 2.35. The zero-order chi connectivity index (χ0) is 20.3. The largest absolute Gasteiger partial charge is 0.497 e. The SMILES string of the molecule is CCCN(CCC)c1c(CC)nc2c(-c3ccc(OC)cc3Cl)nc(Cl)cn12. The summed E-state index contributed by atoms with van der Waals surface area (Å²) < 4.78 is 7.33. The van der Waals surface area contributed by atoms with E-state index in [0.717, 1.165) is 55.1 Å². The monoisotopic (exact) mass is 420 g/mol. The van der Waals surface area contributed by atoms with Crippen LogP contribution in [0.15, 0.2) is 24.4 Å². The average Bonchev–Trinajstić information content (AvgIpc) is 3.05. The molecule has 0 N–H and O–H groups in total. The zero-order valence-electron chi connectivity index (χ0n) is 16.8. The molecule has 0 saturated carbocycles. The van der Waals surface area contributed by atoms with Gasteiger partial charge in [0.1, 0.15) is 22.4 Å². The average molecular weight is 421 g/mol. The van der Waals surface area contributed by atoms with Gasteiger partial charge in [-0.05, 0) is 37.5 Å². The zero-order valence-corrected chi connectivity index (χ0v) is 18.3. The van der Waals surface area contributed by atoms with Gasteiger partial charge in [-0.25, -0.2) is 9.97 Å². The Morgan fingerprint density at radius 1 is 1.07 bits per heavy atom. The summed E-state index contributed by atoms with van der Waals surface area (Å²) in [4.78, 5) is 11.9. The number of fused-ring (bicyclic) bond motifs is 1. The predicted octanol–water partition coefficient (Wildman–Crippen LogP) is 5.90. The molecule has 0 fully saturated rings. The molecule has 7 heteroatoms. The van der Waals surface area contributed by atoms with Gasteiger partial charge in [0.15, 0.2) is 5.65 Å². The second kappa shape index (κ2) is 9.01. The van der Waals surface area contributed by atoms with Crippen molar-refractivity contribution < 1.29 is 4.74 Å². The van der Waals surface area contributed by atoms with Crippen LogP contribution in [0.3, 0.4) is 0 Å². The molecule has 3 aromatic rings. The minimum Gasteiger partial charge on any atom is -0.497 e. The Morgan fingerprint density at radius 2 is 1.79 bits per heavy atom. The molecule has 0 atom stereocenters. The number of hydrogen-bond acceptors (Lipinski definition) is 4. The van der Waals surface area contributed by atoms with Gasteiger partial charge in [-0.1, -0.05) is 44.0 Å². The smallest absolute Gasteiger partial charge is 0.165 e. The van der Waals surface area contributed by atoms with Crippen molar-refractivity contribution in [3.8, 4) is 17.0 Å². The highest BCUT2D eigenvalue weighted by atomic mass is 35.5. The van der Waals surface area contributed by atoms with E-state index in [1.54, 1.807) is 13.2 Å². The predicted molar refractivity (Wildman–Crippen MR) is 117 cm³/mol. The van der Waals surface area contributed by atoms with Crippen LogP contribution in [0.25, 0.3) is 16.9 Å². The second-order valence-corrected chi connectivity index (χ2v) is 7.47. The molecular formula is C21H26Cl2N4O. The molecule has 0 saturated heterocycles. The van der Waals surface area contributed by atoms with Gasteiger partial charge in [-0.2, -0.15) is 0 Å². The van der Waals surface area contributed by atoms with Gasteiger partial charge >= 0.3 is 0 Å². The number of rotatable bonds is 8. The summed E-state index contributed by atoms with van der Waals surface area (Å²) in [7, 11) is 1.62. The highest BCUT2D eigenvalue weighted by Gasteiger charge is 2.22. The first-order valence-electron chi connectivity index (χ1n) is 9.70. The van der Waals surface area contributed by atoms with Gasteiger partial charge in [0.2, 0.25) is 0 Å². The van der Waals surface area contributed by atoms with Crippen LogP contribution >= 0.6 is 23.2 Å². The number of methoxy groups -OCH3 is 1. The van der Waals surface area contributed by atoms with E-state index >= 15 is 0 Å². The van der Waals surface area contributed by atoms with Gasteiger partial charge in [-0.15, -0.1) is 0 Å². The summed E-state index contributed by atoms with van der Waals surface area (Å²) in [6, 6.07) is 5.54. The van der Waals surface area contributed by atoms with Crippen molar-refractivity contribution in [2.24, 2.45) is 0 Å². The molecule has 5 nitrogen and oxygen atoms in total. The standard InChI is InChI=1S/C21H26Cl2N4O/c1-5-10-26(11-6-2)21-17(7-3)24-20-19(25-18(23)13-27(20)21)15-9-8-14(28-4)12-16(15)22/h8-9,12-13H,5-7,10-11H2,1-4H3. The van der Waals surface area contributed by atoms with E-state index in [2.05, 4.69) is 35.1 Å². The summed E-state index contributed by atoms with van der Waals surface area (Å²) >= 11 is 12.9. The first-order valence-corrected chi connectivity index (χ1v) is 10.5. The Labute approximate surface area is 176 Å². The Balaban J connectivity index is 2.27. The molecule has 2 heterocycles. The molecule has 0 amide bonds. The van der Waals surface area contributed by atoms with E-state index in [0.29, 0.717) is 21.6 Å². The van der Waals surface area contributed by atoms with Gasteiger partial charge in [0.05, 0.1) is 17.8 Å². The number of aryl methyl sites for hydroxylation is 1. The Bertz CT molecular complexity index is 965. The minimum absolute atomic E-state index is 0.406. The normalized spacial score (nSPS) is 11.2. The van der Waals surface area contributed by atoms with E-state index in [1.165, 1.54) is 0 Å². The lowest BCUT2D eigenvalue weighted by molar-refractivity contribution is 0.415. The van der Waals surface area contributed by atoms with Gasteiger partial charge in [0.25, 0.3) is 0 Å². The topological polar surface area (TPSA) is 42.7 Å². The third-order valence-corrected chi connectivity index (χ3v) is 5.17. The molecule has 0 unspecified atom stereocenters. The van der Waals surface area contributed by atoms with Crippen LogP contribution < -0.4 is 9.64 Å². The number of aromatic nitrogens is 3.